The summed E-state index contributed by atoms with van der Waals surface area (Å²) in [5.74, 6) is -0.211. The summed E-state index contributed by atoms with van der Waals surface area (Å²) in [5, 5.41) is 0. The van der Waals surface area contributed by atoms with Gasteiger partial charge in [0, 0.05) is 20.1 Å². The van der Waals surface area contributed by atoms with Crippen LogP contribution < -0.4 is 0 Å². The standard InChI is InChI=1S/C6H14O.C4H8O2.C4H8O/c1-5(2)7-6(3)4;1-3-6-4(2)5;1-2-4-5-3-1/h5-6H,1-4H3;3H2,1-2H3;1-4H2. The molecule has 0 atom stereocenters. The highest BCUT2D eigenvalue weighted by Gasteiger charge is 1.95. The Morgan fingerprint density at radius 3 is 1.61 bits per heavy atom. The van der Waals surface area contributed by atoms with Crippen molar-refractivity contribution in [1.29, 1.82) is 0 Å². The van der Waals surface area contributed by atoms with Gasteiger partial charge in [-0.25, -0.2) is 0 Å². The summed E-state index contributed by atoms with van der Waals surface area (Å²) in [6.45, 7) is 13.8. The molecule has 0 bridgehead atoms. The molecule has 1 fully saturated rings. The highest BCUT2D eigenvalue weighted by atomic mass is 16.5. The zero-order valence-corrected chi connectivity index (χ0v) is 12.8. The van der Waals surface area contributed by atoms with Crippen LogP contribution in [0.3, 0.4) is 0 Å². The normalized spacial score (nSPS) is 13.6. The van der Waals surface area contributed by atoms with Gasteiger partial charge in [0.15, 0.2) is 0 Å². The van der Waals surface area contributed by atoms with Crippen LogP contribution in [0.5, 0.6) is 0 Å². The Morgan fingerprint density at radius 2 is 1.56 bits per heavy atom. The second-order valence-corrected chi connectivity index (χ2v) is 4.48. The van der Waals surface area contributed by atoms with Crippen molar-refractivity contribution in [2.24, 2.45) is 0 Å². The molecule has 1 rings (SSSR count). The minimum atomic E-state index is -0.211. The number of hydrogen-bond acceptors (Lipinski definition) is 4. The molecule has 0 spiro atoms. The molecule has 1 aliphatic rings. The van der Waals surface area contributed by atoms with E-state index in [1.807, 2.05) is 27.7 Å². The molecule has 4 heteroatoms. The van der Waals surface area contributed by atoms with Crippen LogP contribution in [0.2, 0.25) is 0 Å². The summed E-state index contributed by atoms with van der Waals surface area (Å²) in [5.41, 5.74) is 0. The first-order valence-electron chi connectivity index (χ1n) is 6.76. The SMILES string of the molecule is C1CCOC1.CC(C)OC(C)C.CCOC(C)=O. The third kappa shape index (κ3) is 24.6. The van der Waals surface area contributed by atoms with Crippen molar-refractivity contribution in [2.45, 2.75) is 66.6 Å². The molecular formula is C14H30O4. The predicted octanol–water partition coefficient (Wildman–Crippen LogP) is 3.19. The van der Waals surface area contributed by atoms with Gasteiger partial charge < -0.3 is 14.2 Å². The minimum Gasteiger partial charge on any atom is -0.466 e. The van der Waals surface area contributed by atoms with E-state index in [0.29, 0.717) is 18.8 Å². The average Bonchev–Trinajstić information content (AvgIpc) is 2.72. The van der Waals surface area contributed by atoms with Gasteiger partial charge in [-0.2, -0.15) is 0 Å². The van der Waals surface area contributed by atoms with E-state index < -0.39 is 0 Å². The fourth-order valence-corrected chi connectivity index (χ4v) is 1.26. The quantitative estimate of drug-likeness (QED) is 0.733. The Kier molecular flexibility index (Phi) is 15.8. The maximum Gasteiger partial charge on any atom is 0.302 e. The largest absolute Gasteiger partial charge is 0.466 e. The van der Waals surface area contributed by atoms with E-state index in [-0.39, 0.29) is 5.97 Å². The number of carbonyl (C=O) groups is 1. The molecule has 0 aromatic heterocycles. The molecule has 1 heterocycles. The molecule has 0 aromatic carbocycles. The molecule has 0 amide bonds. The van der Waals surface area contributed by atoms with Gasteiger partial charge >= 0.3 is 5.97 Å². The van der Waals surface area contributed by atoms with E-state index in [1.54, 1.807) is 6.92 Å². The Bertz CT molecular complexity index is 161. The number of ether oxygens (including phenoxy) is 3. The summed E-state index contributed by atoms with van der Waals surface area (Å²) in [6, 6.07) is 0. The highest BCUT2D eigenvalue weighted by molar-refractivity contribution is 5.65. The molecule has 0 aromatic rings. The number of rotatable bonds is 3. The van der Waals surface area contributed by atoms with Gasteiger partial charge in [-0.1, -0.05) is 0 Å². The number of esters is 1. The topological polar surface area (TPSA) is 44.8 Å². The molecule has 0 radical (unpaired) electrons. The monoisotopic (exact) mass is 262 g/mol. The summed E-state index contributed by atoms with van der Waals surface area (Å²) in [7, 11) is 0. The average molecular weight is 262 g/mol. The van der Waals surface area contributed by atoms with Crippen molar-refractivity contribution in [3.8, 4) is 0 Å². The van der Waals surface area contributed by atoms with Gasteiger partial charge in [0.25, 0.3) is 0 Å². The molecule has 0 N–H and O–H groups in total. The smallest absolute Gasteiger partial charge is 0.302 e. The van der Waals surface area contributed by atoms with Crippen molar-refractivity contribution >= 4 is 5.97 Å². The molecule has 1 saturated heterocycles. The fourth-order valence-electron chi connectivity index (χ4n) is 1.26. The Hall–Kier alpha value is -0.610. The molecule has 4 nitrogen and oxygen atoms in total. The first-order chi connectivity index (χ1) is 8.40. The van der Waals surface area contributed by atoms with Crippen LogP contribution in [-0.4, -0.2) is 38.0 Å². The van der Waals surface area contributed by atoms with E-state index in [4.69, 9.17) is 9.47 Å². The lowest BCUT2D eigenvalue weighted by molar-refractivity contribution is -0.140. The first kappa shape index (κ1) is 19.7. The summed E-state index contributed by atoms with van der Waals surface area (Å²) < 4.78 is 14.6. The second kappa shape index (κ2) is 14.5. The van der Waals surface area contributed by atoms with Gasteiger partial charge in [-0.15, -0.1) is 0 Å². The van der Waals surface area contributed by atoms with Crippen LogP contribution in [0.4, 0.5) is 0 Å². The Labute approximate surface area is 112 Å². The van der Waals surface area contributed by atoms with E-state index in [1.165, 1.54) is 19.8 Å². The molecular weight excluding hydrogens is 232 g/mol. The van der Waals surface area contributed by atoms with Gasteiger partial charge in [-0.05, 0) is 47.5 Å². The second-order valence-electron chi connectivity index (χ2n) is 4.48. The Balaban J connectivity index is 0. The van der Waals surface area contributed by atoms with Gasteiger partial charge in [-0.3, -0.25) is 4.79 Å². The first-order valence-corrected chi connectivity index (χ1v) is 6.76. The van der Waals surface area contributed by atoms with Gasteiger partial charge in [0.1, 0.15) is 0 Å². The van der Waals surface area contributed by atoms with E-state index in [9.17, 15) is 4.79 Å². The zero-order valence-electron chi connectivity index (χ0n) is 12.8. The zero-order chi connectivity index (χ0) is 14.4. The van der Waals surface area contributed by atoms with Gasteiger partial charge in [0.2, 0.25) is 0 Å². The van der Waals surface area contributed by atoms with E-state index in [2.05, 4.69) is 4.74 Å². The fraction of sp³-hybridized carbons (Fsp3) is 0.929. The van der Waals surface area contributed by atoms with Crippen molar-refractivity contribution in [3.05, 3.63) is 0 Å². The van der Waals surface area contributed by atoms with E-state index in [0.717, 1.165) is 13.2 Å². The number of carbonyl (C=O) groups excluding carboxylic acids is 1. The van der Waals surface area contributed by atoms with Crippen molar-refractivity contribution in [1.82, 2.24) is 0 Å². The van der Waals surface area contributed by atoms with Crippen molar-refractivity contribution in [2.75, 3.05) is 19.8 Å². The van der Waals surface area contributed by atoms with Crippen LogP contribution in [0, 0.1) is 0 Å². The lowest BCUT2D eigenvalue weighted by atomic mass is 10.4. The lowest BCUT2D eigenvalue weighted by Crippen LogP contribution is -2.09. The molecule has 110 valence electrons. The summed E-state index contributed by atoms with van der Waals surface area (Å²) in [4.78, 5) is 9.82. The molecule has 0 aliphatic carbocycles. The van der Waals surface area contributed by atoms with Crippen molar-refractivity contribution < 1.29 is 19.0 Å². The van der Waals surface area contributed by atoms with Crippen LogP contribution in [-0.2, 0) is 19.0 Å². The maximum absolute atomic E-state index is 9.82. The Morgan fingerprint density at radius 1 is 1.11 bits per heavy atom. The van der Waals surface area contributed by atoms with Crippen LogP contribution in [0.15, 0.2) is 0 Å². The summed E-state index contributed by atoms with van der Waals surface area (Å²) in [6.07, 6.45) is 3.31. The van der Waals surface area contributed by atoms with E-state index >= 15 is 0 Å². The molecule has 18 heavy (non-hydrogen) atoms. The molecule has 0 saturated carbocycles. The minimum absolute atomic E-state index is 0.211. The predicted molar refractivity (Wildman–Crippen MR) is 73.7 cm³/mol. The van der Waals surface area contributed by atoms with Crippen LogP contribution >= 0.6 is 0 Å². The van der Waals surface area contributed by atoms with Crippen LogP contribution in [0.25, 0.3) is 0 Å². The molecule has 1 aliphatic heterocycles. The molecule has 0 unspecified atom stereocenters. The van der Waals surface area contributed by atoms with Gasteiger partial charge in [0.05, 0.1) is 18.8 Å². The highest BCUT2D eigenvalue weighted by Crippen LogP contribution is 1.98. The third-order valence-corrected chi connectivity index (χ3v) is 1.72. The maximum atomic E-state index is 9.82. The summed E-state index contributed by atoms with van der Waals surface area (Å²) >= 11 is 0. The number of hydrogen-bond donors (Lipinski definition) is 0. The lowest BCUT2D eigenvalue weighted by Gasteiger charge is -2.09. The van der Waals surface area contributed by atoms with Crippen molar-refractivity contribution in [3.63, 3.8) is 0 Å². The third-order valence-electron chi connectivity index (χ3n) is 1.72. The van der Waals surface area contributed by atoms with Crippen LogP contribution in [0.1, 0.15) is 54.4 Å².